The first kappa shape index (κ1) is 17.2. The van der Waals surface area contributed by atoms with Crippen LogP contribution in [0.1, 0.15) is 33.6 Å². The van der Waals surface area contributed by atoms with Crippen molar-refractivity contribution in [2.75, 3.05) is 6.54 Å². The first-order valence-corrected chi connectivity index (χ1v) is 9.19. The smallest absolute Gasteiger partial charge is 0.235 e. The number of piperidine rings is 1. The van der Waals surface area contributed by atoms with Gasteiger partial charge in [-0.25, -0.2) is 4.98 Å². The molecule has 2 heterocycles. The zero-order valence-electron chi connectivity index (χ0n) is 15.5. The molecule has 0 radical (unpaired) electrons. The third-order valence-electron chi connectivity index (χ3n) is 6.84. The van der Waals surface area contributed by atoms with Gasteiger partial charge in [0, 0.05) is 5.92 Å². The zero-order valence-corrected chi connectivity index (χ0v) is 15.5. The number of imidazole rings is 1. The SMILES string of the molecule is CC1(C)[C@H]2CC[C@]1(C)C(=O)N(C[C@H](O)Cn1cnc3ccccc31)C2=O. The van der Waals surface area contributed by atoms with Crippen LogP contribution in [0.5, 0.6) is 0 Å². The highest BCUT2D eigenvalue weighted by Crippen LogP contribution is 2.60. The number of aromatic nitrogens is 2. The van der Waals surface area contributed by atoms with Crippen molar-refractivity contribution in [3.8, 4) is 0 Å². The van der Waals surface area contributed by atoms with Gasteiger partial charge in [-0.3, -0.25) is 14.5 Å². The summed E-state index contributed by atoms with van der Waals surface area (Å²) in [5.41, 5.74) is 0.920. The molecule has 3 atom stereocenters. The molecule has 4 rings (SSSR count). The van der Waals surface area contributed by atoms with Crippen molar-refractivity contribution in [1.82, 2.24) is 14.5 Å². The van der Waals surface area contributed by atoms with Gasteiger partial charge in [0.1, 0.15) is 0 Å². The number of nitrogens with zero attached hydrogens (tertiary/aromatic N) is 3. The lowest BCUT2D eigenvalue weighted by atomic mass is 9.62. The van der Waals surface area contributed by atoms with Gasteiger partial charge in [-0.1, -0.05) is 32.9 Å². The Morgan fingerprint density at radius 2 is 1.96 bits per heavy atom. The number of benzene rings is 1. The highest BCUT2D eigenvalue weighted by Gasteiger charge is 2.64. The number of hydrogen-bond donors (Lipinski definition) is 1. The summed E-state index contributed by atoms with van der Waals surface area (Å²) in [6, 6.07) is 7.69. The van der Waals surface area contributed by atoms with Crippen LogP contribution in [0, 0.1) is 16.7 Å². The van der Waals surface area contributed by atoms with Crippen molar-refractivity contribution >= 4 is 22.8 Å². The van der Waals surface area contributed by atoms with E-state index in [1.807, 2.05) is 49.6 Å². The molecule has 2 bridgehead atoms. The number of carbonyl (C=O) groups is 2. The lowest BCUT2D eigenvalue weighted by molar-refractivity contribution is -0.169. The van der Waals surface area contributed by atoms with Gasteiger partial charge in [0.25, 0.3) is 0 Å². The van der Waals surface area contributed by atoms with Crippen LogP contribution >= 0.6 is 0 Å². The van der Waals surface area contributed by atoms with Crippen molar-refractivity contribution in [2.24, 2.45) is 16.7 Å². The Balaban J connectivity index is 1.54. The Labute approximate surface area is 152 Å². The van der Waals surface area contributed by atoms with Gasteiger partial charge >= 0.3 is 0 Å². The molecule has 6 nitrogen and oxygen atoms in total. The number of aliphatic hydroxyl groups excluding tert-OH is 1. The number of para-hydroxylation sites is 2. The van der Waals surface area contributed by atoms with Crippen molar-refractivity contribution in [1.29, 1.82) is 0 Å². The topological polar surface area (TPSA) is 75.4 Å². The molecule has 0 unspecified atom stereocenters. The highest BCUT2D eigenvalue weighted by molar-refractivity contribution is 6.03. The highest BCUT2D eigenvalue weighted by atomic mass is 16.3. The first-order chi connectivity index (χ1) is 12.3. The molecule has 2 fully saturated rings. The molecule has 26 heavy (non-hydrogen) atoms. The van der Waals surface area contributed by atoms with Crippen molar-refractivity contribution in [3.63, 3.8) is 0 Å². The van der Waals surface area contributed by atoms with Gasteiger partial charge < -0.3 is 9.67 Å². The number of likely N-dealkylation sites (tertiary alicyclic amines) is 1. The van der Waals surface area contributed by atoms with E-state index in [1.54, 1.807) is 6.33 Å². The lowest BCUT2D eigenvalue weighted by Gasteiger charge is -2.48. The van der Waals surface area contributed by atoms with Crippen LogP contribution in [0.15, 0.2) is 30.6 Å². The number of rotatable bonds is 4. The van der Waals surface area contributed by atoms with Crippen LogP contribution < -0.4 is 0 Å². The van der Waals surface area contributed by atoms with E-state index in [2.05, 4.69) is 4.98 Å². The quantitative estimate of drug-likeness (QED) is 0.853. The van der Waals surface area contributed by atoms with Crippen molar-refractivity contribution < 1.29 is 14.7 Å². The average Bonchev–Trinajstić information content (AvgIpc) is 3.08. The largest absolute Gasteiger partial charge is 0.389 e. The van der Waals surface area contributed by atoms with Gasteiger partial charge in [0.15, 0.2) is 0 Å². The molecule has 1 aromatic carbocycles. The predicted octanol–water partition coefficient (Wildman–Crippen LogP) is 2.21. The van der Waals surface area contributed by atoms with Gasteiger partial charge in [0.2, 0.25) is 11.8 Å². The lowest BCUT2D eigenvalue weighted by Crippen LogP contribution is -2.60. The number of hydrogen-bond acceptors (Lipinski definition) is 4. The Kier molecular flexibility index (Phi) is 3.74. The maximum atomic E-state index is 13.1. The van der Waals surface area contributed by atoms with Gasteiger partial charge in [0.05, 0.1) is 42.0 Å². The molecule has 2 aromatic rings. The predicted molar refractivity (Wildman–Crippen MR) is 97.1 cm³/mol. The molecule has 0 spiro atoms. The maximum absolute atomic E-state index is 13.1. The van der Waals surface area contributed by atoms with Crippen LogP contribution in [0.25, 0.3) is 11.0 Å². The fourth-order valence-electron chi connectivity index (χ4n) is 4.73. The number of β-amino-alcohol motifs (C(OH)–C–C–N with tert-alkyl or cyclic N) is 1. The van der Waals surface area contributed by atoms with Crippen LogP contribution in [0.2, 0.25) is 0 Å². The summed E-state index contributed by atoms with van der Waals surface area (Å²) in [4.78, 5) is 31.5. The Hall–Kier alpha value is -2.21. The molecule has 1 saturated heterocycles. The Morgan fingerprint density at radius 3 is 2.73 bits per heavy atom. The van der Waals surface area contributed by atoms with Crippen LogP contribution in [0.4, 0.5) is 0 Å². The standard InChI is InChI=1S/C20H25N3O3/c1-19(2)14-8-9-20(19,3)18(26)23(17(14)25)11-13(24)10-22-12-21-15-6-4-5-7-16(15)22/h4-7,12-14,24H,8-11H2,1-3H3/t13-,14+,20-/m1/s1. The molecule has 1 saturated carbocycles. The number of aliphatic hydroxyl groups is 1. The minimum Gasteiger partial charge on any atom is -0.389 e. The molecular formula is C20H25N3O3. The third kappa shape index (κ3) is 2.24. The summed E-state index contributed by atoms with van der Waals surface area (Å²) in [5, 5.41) is 10.6. The van der Waals surface area contributed by atoms with E-state index in [0.29, 0.717) is 6.54 Å². The van der Waals surface area contributed by atoms with Crippen LogP contribution in [-0.2, 0) is 16.1 Å². The van der Waals surface area contributed by atoms with Crippen LogP contribution in [-0.4, -0.2) is 44.0 Å². The molecule has 1 aromatic heterocycles. The monoisotopic (exact) mass is 355 g/mol. The van der Waals surface area contributed by atoms with E-state index in [-0.39, 0.29) is 29.7 Å². The van der Waals surface area contributed by atoms with Crippen molar-refractivity contribution in [2.45, 2.75) is 46.3 Å². The van der Waals surface area contributed by atoms with E-state index in [4.69, 9.17) is 0 Å². The second-order valence-corrected chi connectivity index (χ2v) is 8.44. The molecule has 138 valence electrons. The first-order valence-electron chi connectivity index (χ1n) is 9.19. The Morgan fingerprint density at radius 1 is 1.23 bits per heavy atom. The maximum Gasteiger partial charge on any atom is 0.235 e. The molecule has 1 aliphatic heterocycles. The van der Waals surface area contributed by atoms with E-state index in [9.17, 15) is 14.7 Å². The number of carbonyl (C=O) groups excluding carboxylic acids is 2. The molecule has 2 amide bonds. The number of amides is 2. The normalized spacial score (nSPS) is 28.8. The summed E-state index contributed by atoms with van der Waals surface area (Å²) in [5.74, 6) is -0.424. The molecule has 1 N–H and O–H groups in total. The minimum atomic E-state index is -0.829. The fraction of sp³-hybridized carbons (Fsp3) is 0.550. The summed E-state index contributed by atoms with van der Waals surface area (Å²) in [7, 11) is 0. The molecule has 6 heteroatoms. The zero-order chi connectivity index (χ0) is 18.7. The average molecular weight is 355 g/mol. The summed E-state index contributed by atoms with van der Waals surface area (Å²) in [6.07, 6.45) is 2.33. The van der Waals surface area contributed by atoms with Gasteiger partial charge in [-0.2, -0.15) is 0 Å². The summed E-state index contributed by atoms with van der Waals surface area (Å²) in [6.45, 7) is 6.33. The molecule has 2 aliphatic rings. The van der Waals surface area contributed by atoms with Crippen molar-refractivity contribution in [3.05, 3.63) is 30.6 Å². The summed E-state index contributed by atoms with van der Waals surface area (Å²) >= 11 is 0. The number of fused-ring (bicyclic) bond motifs is 3. The molecule has 1 aliphatic carbocycles. The van der Waals surface area contributed by atoms with E-state index >= 15 is 0 Å². The second-order valence-electron chi connectivity index (χ2n) is 8.44. The molecular weight excluding hydrogens is 330 g/mol. The van der Waals surface area contributed by atoms with Gasteiger partial charge in [-0.05, 0) is 30.4 Å². The number of imide groups is 1. The minimum absolute atomic E-state index is 0.0341. The second kappa shape index (κ2) is 5.64. The summed E-state index contributed by atoms with van der Waals surface area (Å²) < 4.78 is 1.86. The Bertz CT molecular complexity index is 887. The van der Waals surface area contributed by atoms with E-state index in [0.717, 1.165) is 23.9 Å². The fourth-order valence-corrected chi connectivity index (χ4v) is 4.73. The van der Waals surface area contributed by atoms with Crippen LogP contribution in [0.3, 0.4) is 0 Å². The third-order valence-corrected chi connectivity index (χ3v) is 6.84. The van der Waals surface area contributed by atoms with E-state index in [1.165, 1.54) is 4.90 Å². The van der Waals surface area contributed by atoms with E-state index < -0.39 is 11.5 Å². The van der Waals surface area contributed by atoms with Gasteiger partial charge in [-0.15, -0.1) is 0 Å².